The molecule has 4 nitrogen and oxygen atoms in total. The van der Waals surface area contributed by atoms with E-state index < -0.39 is 11.4 Å². The van der Waals surface area contributed by atoms with Gasteiger partial charge in [-0.05, 0) is 53.4 Å². The molecule has 1 fully saturated rings. The molecule has 0 heterocycles. The molecular weight excluding hydrogens is 324 g/mol. The first-order valence-electron chi connectivity index (χ1n) is 6.79. The second-order valence-corrected chi connectivity index (χ2v) is 5.87. The molecule has 0 bridgehead atoms. The molecule has 1 N–H and O–H groups in total. The van der Waals surface area contributed by atoms with Gasteiger partial charge in [0, 0.05) is 0 Å². The average Bonchev–Trinajstić information content (AvgIpc) is 2.89. The maximum absolute atomic E-state index is 11.8. The molecule has 0 spiro atoms. The number of methoxy groups -OCH3 is 1. The molecule has 2 rings (SSSR count). The number of hydrogen-bond donors (Lipinski definition) is 1. The summed E-state index contributed by atoms with van der Waals surface area (Å²) in [5.41, 5.74) is -0.000635. The second-order valence-electron chi connectivity index (χ2n) is 5.02. The van der Waals surface area contributed by atoms with Gasteiger partial charge in [-0.2, -0.15) is 0 Å². The van der Waals surface area contributed by atoms with Gasteiger partial charge >= 0.3 is 5.97 Å². The number of benzene rings is 1. The summed E-state index contributed by atoms with van der Waals surface area (Å²) in [6.45, 7) is 2.40. The summed E-state index contributed by atoms with van der Waals surface area (Å²) in [6.07, 6.45) is 3.24. The quantitative estimate of drug-likeness (QED) is 0.885. The highest BCUT2D eigenvalue weighted by Gasteiger charge is 2.43. The fourth-order valence-electron chi connectivity index (χ4n) is 2.91. The minimum atomic E-state index is -0.791. The number of rotatable bonds is 5. The first kappa shape index (κ1) is 15.2. The maximum atomic E-state index is 11.8. The van der Waals surface area contributed by atoms with Gasteiger partial charge in [0.25, 0.3) is 0 Å². The summed E-state index contributed by atoms with van der Waals surface area (Å²) in [5, 5.41) is 9.67. The van der Waals surface area contributed by atoms with Gasteiger partial charge < -0.3 is 14.6 Å². The summed E-state index contributed by atoms with van der Waals surface area (Å²) >= 11 is 3.45. The van der Waals surface area contributed by atoms with Crippen LogP contribution >= 0.6 is 15.9 Å². The SMILES string of the molecule is CCOc1cc(C2(C(=O)O)CCCC2)cc(Br)c1OC. The van der Waals surface area contributed by atoms with Gasteiger partial charge in [0.2, 0.25) is 0 Å². The topological polar surface area (TPSA) is 55.8 Å². The van der Waals surface area contributed by atoms with Crippen LogP contribution in [0.4, 0.5) is 0 Å². The second kappa shape index (κ2) is 6.04. The van der Waals surface area contributed by atoms with E-state index in [4.69, 9.17) is 9.47 Å². The van der Waals surface area contributed by atoms with E-state index in [2.05, 4.69) is 15.9 Å². The predicted molar refractivity (Wildman–Crippen MR) is 79.6 cm³/mol. The van der Waals surface area contributed by atoms with Crippen molar-refractivity contribution in [1.82, 2.24) is 0 Å². The highest BCUT2D eigenvalue weighted by Crippen LogP contribution is 2.46. The lowest BCUT2D eigenvalue weighted by molar-refractivity contribution is -0.143. The molecule has 1 aromatic rings. The Morgan fingerprint density at radius 3 is 2.55 bits per heavy atom. The van der Waals surface area contributed by atoms with E-state index in [1.54, 1.807) is 7.11 Å². The van der Waals surface area contributed by atoms with Gasteiger partial charge in [0.05, 0.1) is 23.6 Å². The summed E-state index contributed by atoms with van der Waals surface area (Å²) in [7, 11) is 1.57. The molecule has 1 saturated carbocycles. The van der Waals surface area contributed by atoms with E-state index in [0.29, 0.717) is 30.9 Å². The summed E-state index contributed by atoms with van der Waals surface area (Å²) < 4.78 is 11.6. The lowest BCUT2D eigenvalue weighted by Crippen LogP contribution is -2.32. The van der Waals surface area contributed by atoms with Crippen molar-refractivity contribution in [2.24, 2.45) is 0 Å². The first-order valence-corrected chi connectivity index (χ1v) is 7.58. The van der Waals surface area contributed by atoms with Gasteiger partial charge in [0.1, 0.15) is 0 Å². The van der Waals surface area contributed by atoms with E-state index in [1.165, 1.54) is 0 Å². The number of aliphatic carboxylic acids is 1. The van der Waals surface area contributed by atoms with Crippen LogP contribution in [0.25, 0.3) is 0 Å². The summed E-state index contributed by atoms with van der Waals surface area (Å²) in [6, 6.07) is 3.66. The van der Waals surface area contributed by atoms with Crippen molar-refractivity contribution < 1.29 is 19.4 Å². The fraction of sp³-hybridized carbons (Fsp3) is 0.533. The lowest BCUT2D eigenvalue weighted by atomic mass is 9.79. The molecule has 0 saturated heterocycles. The minimum absolute atomic E-state index is 0.506. The van der Waals surface area contributed by atoms with Crippen molar-refractivity contribution >= 4 is 21.9 Å². The minimum Gasteiger partial charge on any atom is -0.492 e. The molecule has 1 aliphatic rings. The zero-order valence-corrected chi connectivity index (χ0v) is 13.3. The molecule has 1 aliphatic carbocycles. The van der Waals surface area contributed by atoms with Crippen LogP contribution in [-0.2, 0) is 10.2 Å². The van der Waals surface area contributed by atoms with Crippen LogP contribution in [-0.4, -0.2) is 24.8 Å². The van der Waals surface area contributed by atoms with Crippen LogP contribution in [0.2, 0.25) is 0 Å². The van der Waals surface area contributed by atoms with Crippen molar-refractivity contribution in [3.63, 3.8) is 0 Å². The molecule has 0 unspecified atom stereocenters. The van der Waals surface area contributed by atoms with E-state index in [0.717, 1.165) is 22.9 Å². The summed E-state index contributed by atoms with van der Waals surface area (Å²) in [5.74, 6) is 0.440. The monoisotopic (exact) mass is 342 g/mol. The van der Waals surface area contributed by atoms with Crippen LogP contribution in [0.15, 0.2) is 16.6 Å². The Bertz CT molecular complexity index is 507. The average molecular weight is 343 g/mol. The van der Waals surface area contributed by atoms with Crippen molar-refractivity contribution in [1.29, 1.82) is 0 Å². The van der Waals surface area contributed by atoms with E-state index in [9.17, 15) is 9.90 Å². The highest BCUT2D eigenvalue weighted by molar-refractivity contribution is 9.10. The van der Waals surface area contributed by atoms with Gasteiger partial charge in [-0.25, -0.2) is 0 Å². The van der Waals surface area contributed by atoms with Crippen LogP contribution in [0.5, 0.6) is 11.5 Å². The molecule has 0 aliphatic heterocycles. The van der Waals surface area contributed by atoms with E-state index in [-0.39, 0.29) is 0 Å². The van der Waals surface area contributed by atoms with Crippen molar-refractivity contribution in [3.8, 4) is 11.5 Å². The molecule has 0 amide bonds. The smallest absolute Gasteiger partial charge is 0.314 e. The van der Waals surface area contributed by atoms with Crippen molar-refractivity contribution in [2.75, 3.05) is 13.7 Å². The number of carboxylic acid groups (broad SMARTS) is 1. The first-order chi connectivity index (χ1) is 9.55. The Hall–Kier alpha value is -1.23. The Kier molecular flexibility index (Phi) is 4.58. The molecule has 5 heteroatoms. The number of ether oxygens (including phenoxy) is 2. The largest absolute Gasteiger partial charge is 0.492 e. The normalized spacial score (nSPS) is 16.9. The summed E-state index contributed by atoms with van der Waals surface area (Å²) in [4.78, 5) is 11.8. The predicted octanol–water partition coefficient (Wildman–Crippen LogP) is 3.75. The van der Waals surface area contributed by atoms with Crippen LogP contribution in [0.3, 0.4) is 0 Å². The number of carbonyl (C=O) groups is 1. The Labute approximate surface area is 127 Å². The Balaban J connectivity index is 2.54. The lowest BCUT2D eigenvalue weighted by Gasteiger charge is -2.26. The Morgan fingerprint density at radius 2 is 2.05 bits per heavy atom. The zero-order valence-electron chi connectivity index (χ0n) is 11.7. The van der Waals surface area contributed by atoms with Crippen molar-refractivity contribution in [2.45, 2.75) is 38.0 Å². The molecule has 0 atom stereocenters. The van der Waals surface area contributed by atoms with Gasteiger partial charge in [0.15, 0.2) is 11.5 Å². The van der Waals surface area contributed by atoms with Gasteiger partial charge in [-0.3, -0.25) is 4.79 Å². The van der Waals surface area contributed by atoms with Gasteiger partial charge in [-0.1, -0.05) is 12.8 Å². The number of hydrogen-bond acceptors (Lipinski definition) is 3. The van der Waals surface area contributed by atoms with E-state index >= 15 is 0 Å². The molecule has 1 aromatic carbocycles. The maximum Gasteiger partial charge on any atom is 0.314 e. The van der Waals surface area contributed by atoms with E-state index in [1.807, 2.05) is 19.1 Å². The zero-order chi connectivity index (χ0) is 14.8. The third-order valence-corrected chi connectivity index (χ3v) is 4.52. The van der Waals surface area contributed by atoms with Crippen molar-refractivity contribution in [3.05, 3.63) is 22.2 Å². The van der Waals surface area contributed by atoms with Crippen LogP contribution < -0.4 is 9.47 Å². The third kappa shape index (κ3) is 2.51. The molecule has 0 radical (unpaired) electrons. The molecule has 110 valence electrons. The van der Waals surface area contributed by atoms with Gasteiger partial charge in [-0.15, -0.1) is 0 Å². The standard InChI is InChI=1S/C15H19BrO4/c1-3-20-12-9-10(8-11(16)13(12)19-2)15(14(17)18)6-4-5-7-15/h8-9H,3-7H2,1-2H3,(H,17,18). The Morgan fingerprint density at radius 1 is 1.40 bits per heavy atom. The highest BCUT2D eigenvalue weighted by atomic mass is 79.9. The fourth-order valence-corrected chi connectivity index (χ4v) is 3.51. The molecule has 20 heavy (non-hydrogen) atoms. The number of halogens is 1. The van der Waals surface area contributed by atoms with Crippen LogP contribution in [0.1, 0.15) is 38.2 Å². The number of carboxylic acids is 1. The third-order valence-electron chi connectivity index (χ3n) is 3.93. The molecule has 0 aromatic heterocycles. The molecular formula is C15H19BrO4. The van der Waals surface area contributed by atoms with Crippen LogP contribution in [0, 0.1) is 0 Å².